The molecule has 1 saturated carbocycles. The number of rotatable bonds is 5. The van der Waals surface area contributed by atoms with Gasteiger partial charge in [0.2, 0.25) is 0 Å². The standard InChI is InChI=1S/C16H26N4O/c1-5-6-10-7-12(10)18-15(21)11-8-13(16(2,3)4)19-14(9-11)20-17/h8-10,12H,5-7,17H2,1-4H3,(H,18,21)(H,19,20). The van der Waals surface area contributed by atoms with Gasteiger partial charge in [0.25, 0.3) is 5.91 Å². The summed E-state index contributed by atoms with van der Waals surface area (Å²) in [4.78, 5) is 16.8. The Morgan fingerprint density at radius 1 is 1.43 bits per heavy atom. The normalized spacial score (nSPS) is 21.0. The molecule has 1 aromatic rings. The van der Waals surface area contributed by atoms with E-state index in [0.717, 1.165) is 12.1 Å². The third kappa shape index (κ3) is 3.94. The minimum Gasteiger partial charge on any atom is -0.349 e. The molecular formula is C16H26N4O. The molecule has 0 saturated heterocycles. The van der Waals surface area contributed by atoms with E-state index in [2.05, 4.69) is 43.4 Å². The Hall–Kier alpha value is -1.62. The number of nitrogens with two attached hydrogens (primary N) is 1. The van der Waals surface area contributed by atoms with Crippen LogP contribution in [0.25, 0.3) is 0 Å². The topological polar surface area (TPSA) is 80.0 Å². The van der Waals surface area contributed by atoms with E-state index in [1.165, 1.54) is 12.8 Å². The lowest BCUT2D eigenvalue weighted by atomic mass is 9.90. The van der Waals surface area contributed by atoms with Crippen molar-refractivity contribution < 1.29 is 4.79 Å². The second kappa shape index (κ2) is 6.02. The summed E-state index contributed by atoms with van der Waals surface area (Å²) >= 11 is 0. The van der Waals surface area contributed by atoms with Crippen LogP contribution in [-0.2, 0) is 5.41 Å². The summed E-state index contributed by atoms with van der Waals surface area (Å²) in [6, 6.07) is 3.88. The number of amides is 1. The van der Waals surface area contributed by atoms with E-state index < -0.39 is 0 Å². The zero-order chi connectivity index (χ0) is 15.6. The van der Waals surface area contributed by atoms with Crippen LogP contribution in [0.3, 0.4) is 0 Å². The number of aromatic nitrogens is 1. The molecule has 1 heterocycles. The molecule has 116 valence electrons. The Morgan fingerprint density at radius 3 is 2.71 bits per heavy atom. The Morgan fingerprint density at radius 2 is 2.14 bits per heavy atom. The first kappa shape index (κ1) is 15.8. The number of pyridine rings is 1. The molecule has 0 aliphatic heterocycles. The van der Waals surface area contributed by atoms with Crippen molar-refractivity contribution in [2.45, 2.75) is 58.4 Å². The number of carbonyl (C=O) groups is 1. The van der Waals surface area contributed by atoms with Gasteiger partial charge in [-0.25, -0.2) is 10.8 Å². The average Bonchev–Trinajstić information content (AvgIpc) is 3.15. The van der Waals surface area contributed by atoms with Gasteiger partial charge in [-0.1, -0.05) is 34.1 Å². The number of nitrogens with one attached hydrogen (secondary N) is 2. The second-order valence-electron chi connectivity index (χ2n) is 6.89. The second-order valence-corrected chi connectivity index (χ2v) is 6.89. The molecule has 4 N–H and O–H groups in total. The van der Waals surface area contributed by atoms with Crippen molar-refractivity contribution in [1.82, 2.24) is 10.3 Å². The fourth-order valence-electron chi connectivity index (χ4n) is 2.49. The lowest BCUT2D eigenvalue weighted by molar-refractivity contribution is 0.0948. The fourth-order valence-corrected chi connectivity index (χ4v) is 2.49. The molecule has 0 radical (unpaired) electrons. The Bertz CT molecular complexity index is 521. The Balaban J connectivity index is 2.13. The zero-order valence-electron chi connectivity index (χ0n) is 13.4. The molecule has 1 aromatic heterocycles. The highest BCUT2D eigenvalue weighted by Gasteiger charge is 2.37. The van der Waals surface area contributed by atoms with Crippen LogP contribution in [0.2, 0.25) is 0 Å². The summed E-state index contributed by atoms with van der Waals surface area (Å²) in [5.74, 6) is 6.59. The number of hydrazine groups is 1. The first-order valence-electron chi connectivity index (χ1n) is 7.65. The van der Waals surface area contributed by atoms with Crippen LogP contribution < -0.4 is 16.6 Å². The molecule has 21 heavy (non-hydrogen) atoms. The Labute approximate surface area is 126 Å². The number of hydrogen-bond acceptors (Lipinski definition) is 4. The SMILES string of the molecule is CCCC1CC1NC(=O)c1cc(NN)nc(C(C)(C)C)c1. The first-order valence-corrected chi connectivity index (χ1v) is 7.65. The van der Waals surface area contributed by atoms with Crippen molar-refractivity contribution in [1.29, 1.82) is 0 Å². The van der Waals surface area contributed by atoms with E-state index in [-0.39, 0.29) is 11.3 Å². The van der Waals surface area contributed by atoms with Crippen LogP contribution in [-0.4, -0.2) is 16.9 Å². The molecular weight excluding hydrogens is 264 g/mol. The van der Waals surface area contributed by atoms with E-state index in [1.807, 2.05) is 6.07 Å². The van der Waals surface area contributed by atoms with Crippen molar-refractivity contribution in [3.63, 3.8) is 0 Å². The Kier molecular flexibility index (Phi) is 4.52. The summed E-state index contributed by atoms with van der Waals surface area (Å²) in [6.07, 6.45) is 3.45. The van der Waals surface area contributed by atoms with Crippen molar-refractivity contribution in [2.24, 2.45) is 11.8 Å². The quantitative estimate of drug-likeness (QED) is 0.575. The van der Waals surface area contributed by atoms with Crippen molar-refractivity contribution in [3.05, 3.63) is 23.4 Å². The van der Waals surface area contributed by atoms with Gasteiger partial charge >= 0.3 is 0 Å². The number of carbonyl (C=O) groups excluding carboxylic acids is 1. The predicted molar refractivity (Wildman–Crippen MR) is 85.0 cm³/mol. The van der Waals surface area contributed by atoms with Gasteiger partial charge in [-0.15, -0.1) is 0 Å². The average molecular weight is 290 g/mol. The smallest absolute Gasteiger partial charge is 0.251 e. The van der Waals surface area contributed by atoms with Gasteiger partial charge in [-0.3, -0.25) is 4.79 Å². The molecule has 5 nitrogen and oxygen atoms in total. The van der Waals surface area contributed by atoms with Gasteiger partial charge in [0.1, 0.15) is 5.82 Å². The van der Waals surface area contributed by atoms with E-state index in [9.17, 15) is 4.79 Å². The molecule has 1 aliphatic rings. The molecule has 5 heteroatoms. The highest BCUT2D eigenvalue weighted by molar-refractivity contribution is 5.95. The molecule has 0 bridgehead atoms. The lowest BCUT2D eigenvalue weighted by Crippen LogP contribution is -2.28. The molecule has 1 aliphatic carbocycles. The van der Waals surface area contributed by atoms with Crippen LogP contribution in [0, 0.1) is 5.92 Å². The molecule has 2 atom stereocenters. The van der Waals surface area contributed by atoms with Crippen LogP contribution in [0.5, 0.6) is 0 Å². The van der Waals surface area contributed by atoms with E-state index in [1.54, 1.807) is 6.07 Å². The maximum absolute atomic E-state index is 12.4. The van der Waals surface area contributed by atoms with E-state index in [0.29, 0.717) is 23.3 Å². The van der Waals surface area contributed by atoms with Crippen LogP contribution >= 0.6 is 0 Å². The zero-order valence-corrected chi connectivity index (χ0v) is 13.4. The number of nitrogens with zero attached hydrogens (tertiary/aromatic N) is 1. The van der Waals surface area contributed by atoms with Crippen molar-refractivity contribution in [3.8, 4) is 0 Å². The molecule has 0 aromatic carbocycles. The fraction of sp³-hybridized carbons (Fsp3) is 0.625. The summed E-state index contributed by atoms with van der Waals surface area (Å²) < 4.78 is 0. The van der Waals surface area contributed by atoms with E-state index >= 15 is 0 Å². The van der Waals surface area contributed by atoms with Crippen LogP contribution in [0.4, 0.5) is 5.82 Å². The monoisotopic (exact) mass is 290 g/mol. The number of nitrogen functional groups attached to an aromatic ring is 1. The lowest BCUT2D eigenvalue weighted by Gasteiger charge is -2.19. The molecule has 2 unspecified atom stereocenters. The van der Waals surface area contributed by atoms with Gasteiger partial charge < -0.3 is 10.7 Å². The third-order valence-corrected chi connectivity index (χ3v) is 3.90. The predicted octanol–water partition coefficient (Wildman–Crippen LogP) is 2.58. The van der Waals surface area contributed by atoms with Crippen LogP contribution in [0.1, 0.15) is 63.0 Å². The summed E-state index contributed by atoms with van der Waals surface area (Å²) in [7, 11) is 0. The maximum atomic E-state index is 12.4. The van der Waals surface area contributed by atoms with Crippen molar-refractivity contribution >= 4 is 11.7 Å². The third-order valence-electron chi connectivity index (χ3n) is 3.90. The molecule has 0 spiro atoms. The van der Waals surface area contributed by atoms with Gasteiger partial charge in [0, 0.05) is 22.7 Å². The minimum absolute atomic E-state index is 0.0389. The molecule has 1 amide bonds. The molecule has 2 rings (SSSR count). The van der Waals surface area contributed by atoms with Gasteiger partial charge in [-0.2, -0.15) is 0 Å². The van der Waals surface area contributed by atoms with Crippen LogP contribution in [0.15, 0.2) is 12.1 Å². The maximum Gasteiger partial charge on any atom is 0.251 e. The first-order chi connectivity index (χ1) is 9.85. The van der Waals surface area contributed by atoms with Gasteiger partial charge in [0.05, 0.1) is 0 Å². The van der Waals surface area contributed by atoms with Gasteiger partial charge in [0.15, 0.2) is 0 Å². The largest absolute Gasteiger partial charge is 0.349 e. The van der Waals surface area contributed by atoms with E-state index in [4.69, 9.17) is 5.84 Å². The molecule has 1 fully saturated rings. The summed E-state index contributed by atoms with van der Waals surface area (Å²) in [5, 5.41) is 3.10. The summed E-state index contributed by atoms with van der Waals surface area (Å²) in [5.41, 5.74) is 3.88. The minimum atomic E-state index is -0.133. The number of anilines is 1. The van der Waals surface area contributed by atoms with Crippen molar-refractivity contribution in [2.75, 3.05) is 5.43 Å². The summed E-state index contributed by atoms with van der Waals surface area (Å²) in [6.45, 7) is 8.37. The highest BCUT2D eigenvalue weighted by Crippen LogP contribution is 2.34. The number of hydrogen-bond donors (Lipinski definition) is 3. The van der Waals surface area contributed by atoms with Gasteiger partial charge in [-0.05, 0) is 30.9 Å². The highest BCUT2D eigenvalue weighted by atomic mass is 16.1.